The lowest BCUT2D eigenvalue weighted by molar-refractivity contribution is -0.125. The average Bonchev–Trinajstić information content (AvgIpc) is 2.51. The summed E-state index contributed by atoms with van der Waals surface area (Å²) in [5.74, 6) is 0.366. The van der Waals surface area contributed by atoms with Crippen LogP contribution in [0.3, 0.4) is 0 Å². The Hall–Kier alpha value is -0.370. The van der Waals surface area contributed by atoms with Gasteiger partial charge in [0.1, 0.15) is 0 Å². The van der Waals surface area contributed by atoms with Crippen molar-refractivity contribution in [1.82, 2.24) is 5.32 Å². The fourth-order valence-electron chi connectivity index (χ4n) is 3.00. The monoisotopic (exact) mass is 253 g/mol. The molecule has 0 aromatic heterocycles. The summed E-state index contributed by atoms with van der Waals surface area (Å²) >= 11 is 0. The van der Waals surface area contributed by atoms with Gasteiger partial charge < -0.3 is 5.32 Å². The molecule has 1 fully saturated rings. The van der Waals surface area contributed by atoms with Crippen molar-refractivity contribution >= 4 is 5.78 Å². The first-order valence-electron chi connectivity index (χ1n) is 7.93. The number of nitrogens with one attached hydrogen (secondary N) is 1. The topological polar surface area (TPSA) is 29.1 Å². The Morgan fingerprint density at radius 2 is 1.56 bits per heavy atom. The van der Waals surface area contributed by atoms with Crippen molar-refractivity contribution in [3.63, 3.8) is 0 Å². The van der Waals surface area contributed by atoms with Crippen molar-refractivity contribution in [2.24, 2.45) is 0 Å². The summed E-state index contributed by atoms with van der Waals surface area (Å²) in [6.45, 7) is 6.18. The highest BCUT2D eigenvalue weighted by atomic mass is 16.1. The Balaban J connectivity index is 2.57. The molecule has 1 atom stereocenters. The van der Waals surface area contributed by atoms with Gasteiger partial charge in [0.25, 0.3) is 0 Å². The Kier molecular flexibility index (Phi) is 6.91. The first kappa shape index (κ1) is 15.7. The van der Waals surface area contributed by atoms with Gasteiger partial charge in [-0.3, -0.25) is 4.79 Å². The molecule has 0 heterocycles. The second kappa shape index (κ2) is 7.93. The number of carbonyl (C=O) groups excluding carboxylic acids is 1. The minimum atomic E-state index is -0.298. The third-order valence-electron chi connectivity index (χ3n) is 4.52. The Bertz CT molecular complexity index is 241. The van der Waals surface area contributed by atoms with Crippen LogP contribution in [0.25, 0.3) is 0 Å². The standard InChI is InChI=1S/C16H31NO/c1-4-15(18)16(3,5-2)17-14-12-10-8-6-7-9-11-13-14/h14,17H,4-13H2,1-3H3. The minimum absolute atomic E-state index is 0.298. The third-order valence-corrected chi connectivity index (χ3v) is 4.52. The molecule has 1 N–H and O–H groups in total. The van der Waals surface area contributed by atoms with E-state index in [-0.39, 0.29) is 5.54 Å². The van der Waals surface area contributed by atoms with Crippen molar-refractivity contribution in [1.29, 1.82) is 0 Å². The molecule has 0 radical (unpaired) electrons. The van der Waals surface area contributed by atoms with Gasteiger partial charge >= 0.3 is 0 Å². The molecule has 0 aliphatic heterocycles. The van der Waals surface area contributed by atoms with Crippen LogP contribution in [0.1, 0.15) is 85.0 Å². The summed E-state index contributed by atoms with van der Waals surface area (Å²) in [6, 6.07) is 0.545. The molecular formula is C16H31NO. The zero-order chi connectivity index (χ0) is 13.4. The molecule has 0 saturated heterocycles. The maximum Gasteiger partial charge on any atom is 0.152 e. The van der Waals surface area contributed by atoms with Crippen molar-refractivity contribution < 1.29 is 4.79 Å². The van der Waals surface area contributed by atoms with Crippen molar-refractivity contribution in [2.45, 2.75) is 96.6 Å². The Morgan fingerprint density at radius 3 is 2.00 bits per heavy atom. The molecule has 1 aliphatic carbocycles. The molecule has 0 bridgehead atoms. The molecule has 1 saturated carbocycles. The molecule has 2 heteroatoms. The van der Waals surface area contributed by atoms with E-state index in [2.05, 4.69) is 19.2 Å². The lowest BCUT2D eigenvalue weighted by atomic mass is 9.89. The quantitative estimate of drug-likeness (QED) is 0.794. The van der Waals surface area contributed by atoms with Gasteiger partial charge in [-0.1, -0.05) is 52.4 Å². The highest BCUT2D eigenvalue weighted by molar-refractivity contribution is 5.87. The van der Waals surface area contributed by atoms with Gasteiger partial charge in [0.15, 0.2) is 5.78 Å². The fourth-order valence-corrected chi connectivity index (χ4v) is 3.00. The van der Waals surface area contributed by atoms with E-state index in [9.17, 15) is 4.79 Å². The van der Waals surface area contributed by atoms with E-state index < -0.39 is 0 Å². The Morgan fingerprint density at radius 1 is 1.06 bits per heavy atom. The lowest BCUT2D eigenvalue weighted by Gasteiger charge is -2.33. The number of Topliss-reactive ketones (excluding diaryl/α,β-unsaturated/α-hetero) is 1. The van der Waals surface area contributed by atoms with Crippen LogP contribution in [0.15, 0.2) is 0 Å². The van der Waals surface area contributed by atoms with E-state index in [0.717, 1.165) is 6.42 Å². The van der Waals surface area contributed by atoms with Gasteiger partial charge in [-0.15, -0.1) is 0 Å². The van der Waals surface area contributed by atoms with Gasteiger partial charge in [-0.2, -0.15) is 0 Å². The van der Waals surface area contributed by atoms with Gasteiger partial charge in [0, 0.05) is 12.5 Å². The lowest BCUT2D eigenvalue weighted by Crippen LogP contribution is -2.53. The zero-order valence-corrected chi connectivity index (χ0v) is 12.6. The van der Waals surface area contributed by atoms with Gasteiger partial charge in [-0.25, -0.2) is 0 Å². The minimum Gasteiger partial charge on any atom is -0.302 e. The maximum absolute atomic E-state index is 12.1. The van der Waals surface area contributed by atoms with Crippen molar-refractivity contribution in [2.75, 3.05) is 0 Å². The number of rotatable bonds is 5. The molecule has 0 aromatic carbocycles. The Labute approximate surface area is 113 Å². The second-order valence-corrected chi connectivity index (χ2v) is 6.00. The SMILES string of the molecule is CCC(=O)C(C)(CC)NC1CCCCCCCC1. The molecule has 1 unspecified atom stereocenters. The smallest absolute Gasteiger partial charge is 0.152 e. The first-order chi connectivity index (χ1) is 8.62. The van der Waals surface area contributed by atoms with Crippen LogP contribution in [0.4, 0.5) is 0 Å². The molecule has 1 rings (SSSR count). The summed E-state index contributed by atoms with van der Waals surface area (Å²) in [7, 11) is 0. The molecule has 106 valence electrons. The number of ketones is 1. The van der Waals surface area contributed by atoms with E-state index in [1.54, 1.807) is 0 Å². The molecule has 2 nitrogen and oxygen atoms in total. The average molecular weight is 253 g/mol. The number of hydrogen-bond donors (Lipinski definition) is 1. The predicted octanol–water partition coefficient (Wildman–Crippen LogP) is 4.23. The van der Waals surface area contributed by atoms with E-state index in [1.165, 1.54) is 51.4 Å². The molecule has 0 aromatic rings. The maximum atomic E-state index is 12.1. The molecule has 18 heavy (non-hydrogen) atoms. The highest BCUT2D eigenvalue weighted by Gasteiger charge is 2.31. The molecule has 0 amide bonds. The van der Waals surface area contributed by atoms with Crippen LogP contribution in [-0.2, 0) is 4.79 Å². The normalized spacial score (nSPS) is 22.6. The van der Waals surface area contributed by atoms with Gasteiger partial charge in [0.2, 0.25) is 0 Å². The summed E-state index contributed by atoms with van der Waals surface area (Å²) in [4.78, 5) is 12.1. The molecule has 1 aliphatic rings. The number of carbonyl (C=O) groups is 1. The van der Waals surface area contributed by atoms with Crippen molar-refractivity contribution in [3.8, 4) is 0 Å². The van der Waals surface area contributed by atoms with Crippen LogP contribution in [-0.4, -0.2) is 17.4 Å². The summed E-state index contributed by atoms with van der Waals surface area (Å²) in [6.07, 6.45) is 12.2. The summed E-state index contributed by atoms with van der Waals surface area (Å²) in [5, 5.41) is 3.68. The highest BCUT2D eigenvalue weighted by Crippen LogP contribution is 2.21. The van der Waals surface area contributed by atoms with Crippen LogP contribution in [0, 0.1) is 0 Å². The van der Waals surface area contributed by atoms with Gasteiger partial charge in [-0.05, 0) is 26.2 Å². The van der Waals surface area contributed by atoms with Crippen molar-refractivity contribution in [3.05, 3.63) is 0 Å². The van der Waals surface area contributed by atoms with Crippen LogP contribution in [0.5, 0.6) is 0 Å². The van der Waals surface area contributed by atoms with E-state index in [0.29, 0.717) is 18.2 Å². The molecule has 0 spiro atoms. The summed E-state index contributed by atoms with van der Waals surface area (Å²) < 4.78 is 0. The van der Waals surface area contributed by atoms with E-state index >= 15 is 0 Å². The van der Waals surface area contributed by atoms with Crippen LogP contribution in [0.2, 0.25) is 0 Å². The molecular weight excluding hydrogens is 222 g/mol. The van der Waals surface area contributed by atoms with Gasteiger partial charge in [0.05, 0.1) is 5.54 Å². The summed E-state index contributed by atoms with van der Waals surface area (Å²) in [5.41, 5.74) is -0.298. The second-order valence-electron chi connectivity index (χ2n) is 6.00. The first-order valence-corrected chi connectivity index (χ1v) is 7.93. The largest absolute Gasteiger partial charge is 0.302 e. The zero-order valence-electron chi connectivity index (χ0n) is 12.6. The van der Waals surface area contributed by atoms with Crippen LogP contribution >= 0.6 is 0 Å². The number of hydrogen-bond acceptors (Lipinski definition) is 2. The van der Waals surface area contributed by atoms with E-state index in [1.807, 2.05) is 6.92 Å². The van der Waals surface area contributed by atoms with Crippen LogP contribution < -0.4 is 5.32 Å². The fraction of sp³-hybridized carbons (Fsp3) is 0.938. The third kappa shape index (κ3) is 4.72. The van der Waals surface area contributed by atoms with E-state index in [4.69, 9.17) is 0 Å². The predicted molar refractivity (Wildman–Crippen MR) is 77.9 cm³/mol.